The summed E-state index contributed by atoms with van der Waals surface area (Å²) in [4.78, 5) is 23.3. The molecule has 4 heteroatoms. The molecule has 1 unspecified atom stereocenters. The zero-order chi connectivity index (χ0) is 15.2. The Hall–Kier alpha value is -2.62. The molecule has 0 heterocycles. The Balaban J connectivity index is 2.23. The molecule has 0 aromatic heterocycles. The maximum Gasteiger partial charge on any atom is 0.305 e. The van der Waals surface area contributed by atoms with E-state index in [4.69, 9.17) is 5.11 Å². The predicted octanol–water partition coefficient (Wildman–Crippen LogP) is 2.94. The number of aliphatic carboxylic acids is 1. The lowest BCUT2D eigenvalue weighted by Crippen LogP contribution is -2.30. The molecule has 4 nitrogen and oxygen atoms in total. The molecule has 0 radical (unpaired) electrons. The number of hydrogen-bond acceptors (Lipinski definition) is 2. The van der Waals surface area contributed by atoms with Crippen molar-refractivity contribution in [3.63, 3.8) is 0 Å². The summed E-state index contributed by atoms with van der Waals surface area (Å²) in [5.41, 5.74) is 2.29. The van der Waals surface area contributed by atoms with Crippen molar-refractivity contribution in [2.45, 2.75) is 19.4 Å². The summed E-state index contributed by atoms with van der Waals surface area (Å²) in [6.07, 6.45) is -0.149. The molecular formula is C17H17NO3. The van der Waals surface area contributed by atoms with Gasteiger partial charge in [-0.1, -0.05) is 42.5 Å². The number of carbonyl (C=O) groups excluding carboxylic acids is 1. The van der Waals surface area contributed by atoms with Gasteiger partial charge in [-0.15, -0.1) is 0 Å². The lowest BCUT2D eigenvalue weighted by atomic mass is 9.98. The highest BCUT2D eigenvalue weighted by Crippen LogP contribution is 2.21. The lowest BCUT2D eigenvalue weighted by molar-refractivity contribution is -0.137. The largest absolute Gasteiger partial charge is 0.481 e. The minimum atomic E-state index is -0.948. The van der Waals surface area contributed by atoms with E-state index < -0.39 is 12.0 Å². The Labute approximate surface area is 123 Å². The average molecular weight is 283 g/mol. The minimum absolute atomic E-state index is 0.149. The van der Waals surface area contributed by atoms with Crippen molar-refractivity contribution in [2.75, 3.05) is 0 Å². The van der Waals surface area contributed by atoms with Gasteiger partial charge < -0.3 is 10.4 Å². The fraction of sp³-hybridized carbons (Fsp3) is 0.176. The van der Waals surface area contributed by atoms with Crippen LogP contribution in [0.3, 0.4) is 0 Å². The van der Waals surface area contributed by atoms with Crippen LogP contribution < -0.4 is 5.32 Å². The predicted molar refractivity (Wildman–Crippen MR) is 80.1 cm³/mol. The van der Waals surface area contributed by atoms with Crippen molar-refractivity contribution >= 4 is 11.9 Å². The summed E-state index contributed by atoms with van der Waals surface area (Å²) < 4.78 is 0. The first-order chi connectivity index (χ1) is 10.1. The molecule has 0 aliphatic heterocycles. The third-order valence-corrected chi connectivity index (χ3v) is 3.28. The second-order valence-electron chi connectivity index (χ2n) is 4.85. The smallest absolute Gasteiger partial charge is 0.305 e. The number of amides is 1. The number of rotatable bonds is 5. The number of carboxylic acids is 1. The normalized spacial score (nSPS) is 11.7. The van der Waals surface area contributed by atoms with Crippen LogP contribution in [-0.4, -0.2) is 17.0 Å². The molecule has 0 aliphatic carbocycles. The van der Waals surface area contributed by atoms with Crippen molar-refractivity contribution in [1.82, 2.24) is 5.32 Å². The first kappa shape index (κ1) is 14.8. The maximum atomic E-state index is 12.2. The number of hydrogen-bond donors (Lipinski definition) is 2. The van der Waals surface area contributed by atoms with Gasteiger partial charge in [0.25, 0.3) is 5.91 Å². The van der Waals surface area contributed by atoms with E-state index in [0.29, 0.717) is 5.56 Å². The third kappa shape index (κ3) is 3.92. The number of aryl methyl sites for hydroxylation is 1. The molecule has 0 bridgehead atoms. The van der Waals surface area contributed by atoms with E-state index in [1.54, 1.807) is 24.3 Å². The monoisotopic (exact) mass is 283 g/mol. The SMILES string of the molecule is Cc1ccccc1C(CC(=O)O)NC(=O)c1ccccc1. The fourth-order valence-corrected chi connectivity index (χ4v) is 2.22. The molecule has 0 spiro atoms. The summed E-state index contributed by atoms with van der Waals surface area (Å²) in [5, 5.41) is 11.9. The highest BCUT2D eigenvalue weighted by Gasteiger charge is 2.20. The molecule has 2 aromatic rings. The van der Waals surface area contributed by atoms with Crippen LogP contribution in [-0.2, 0) is 4.79 Å². The first-order valence-electron chi connectivity index (χ1n) is 6.71. The Morgan fingerprint density at radius 2 is 1.67 bits per heavy atom. The van der Waals surface area contributed by atoms with Gasteiger partial charge in [0, 0.05) is 5.56 Å². The zero-order valence-corrected chi connectivity index (χ0v) is 11.7. The highest BCUT2D eigenvalue weighted by molar-refractivity contribution is 5.94. The second-order valence-corrected chi connectivity index (χ2v) is 4.85. The maximum absolute atomic E-state index is 12.2. The molecule has 0 aliphatic rings. The van der Waals surface area contributed by atoms with Gasteiger partial charge in [0.05, 0.1) is 12.5 Å². The number of carbonyl (C=O) groups is 2. The van der Waals surface area contributed by atoms with Crippen LogP contribution in [0, 0.1) is 6.92 Å². The van der Waals surface area contributed by atoms with E-state index in [0.717, 1.165) is 11.1 Å². The van der Waals surface area contributed by atoms with Crippen LogP contribution in [0.2, 0.25) is 0 Å². The molecule has 1 amide bonds. The Bertz CT molecular complexity index is 637. The first-order valence-corrected chi connectivity index (χ1v) is 6.71. The van der Waals surface area contributed by atoms with E-state index in [1.165, 1.54) is 0 Å². The van der Waals surface area contributed by atoms with Crippen LogP contribution in [0.25, 0.3) is 0 Å². The van der Waals surface area contributed by atoms with Gasteiger partial charge >= 0.3 is 5.97 Å². The highest BCUT2D eigenvalue weighted by atomic mass is 16.4. The zero-order valence-electron chi connectivity index (χ0n) is 11.7. The number of carboxylic acid groups (broad SMARTS) is 1. The summed E-state index contributed by atoms with van der Waals surface area (Å²) in [7, 11) is 0. The minimum Gasteiger partial charge on any atom is -0.481 e. The fourth-order valence-electron chi connectivity index (χ4n) is 2.22. The van der Waals surface area contributed by atoms with Crippen LogP contribution in [0.5, 0.6) is 0 Å². The van der Waals surface area contributed by atoms with Crippen molar-refractivity contribution in [1.29, 1.82) is 0 Å². The molecule has 0 saturated carbocycles. The summed E-state index contributed by atoms with van der Waals surface area (Å²) in [5.74, 6) is -1.22. The van der Waals surface area contributed by atoms with Crippen LogP contribution in [0.4, 0.5) is 0 Å². The molecule has 2 rings (SSSR count). The third-order valence-electron chi connectivity index (χ3n) is 3.28. The quantitative estimate of drug-likeness (QED) is 0.886. The van der Waals surface area contributed by atoms with Gasteiger partial charge in [-0.2, -0.15) is 0 Å². The van der Waals surface area contributed by atoms with Gasteiger partial charge in [-0.25, -0.2) is 0 Å². The molecule has 2 aromatic carbocycles. The lowest BCUT2D eigenvalue weighted by Gasteiger charge is -2.19. The van der Waals surface area contributed by atoms with E-state index in [1.807, 2.05) is 37.3 Å². The van der Waals surface area contributed by atoms with Crippen molar-refractivity contribution in [3.05, 3.63) is 71.3 Å². The Morgan fingerprint density at radius 1 is 1.05 bits per heavy atom. The molecule has 0 saturated heterocycles. The van der Waals surface area contributed by atoms with Gasteiger partial charge in [0.2, 0.25) is 0 Å². The Morgan fingerprint density at radius 3 is 2.29 bits per heavy atom. The van der Waals surface area contributed by atoms with Gasteiger partial charge in [0.1, 0.15) is 0 Å². The molecule has 2 N–H and O–H groups in total. The van der Waals surface area contributed by atoms with Gasteiger partial charge in [0.15, 0.2) is 0 Å². The average Bonchev–Trinajstić information content (AvgIpc) is 2.47. The number of nitrogens with one attached hydrogen (secondary N) is 1. The summed E-state index contributed by atoms with van der Waals surface area (Å²) in [6, 6.07) is 15.7. The van der Waals surface area contributed by atoms with Crippen molar-refractivity contribution in [3.8, 4) is 0 Å². The van der Waals surface area contributed by atoms with E-state index in [2.05, 4.69) is 5.32 Å². The van der Waals surface area contributed by atoms with Crippen LogP contribution >= 0.6 is 0 Å². The van der Waals surface area contributed by atoms with E-state index in [9.17, 15) is 9.59 Å². The van der Waals surface area contributed by atoms with Crippen molar-refractivity contribution in [2.24, 2.45) is 0 Å². The number of benzene rings is 2. The van der Waals surface area contributed by atoms with E-state index >= 15 is 0 Å². The van der Waals surface area contributed by atoms with Crippen LogP contribution in [0.1, 0.15) is 33.9 Å². The van der Waals surface area contributed by atoms with Gasteiger partial charge in [-0.3, -0.25) is 9.59 Å². The summed E-state index contributed by atoms with van der Waals surface area (Å²) >= 11 is 0. The summed E-state index contributed by atoms with van der Waals surface area (Å²) in [6.45, 7) is 1.90. The molecular weight excluding hydrogens is 266 g/mol. The molecule has 108 valence electrons. The molecule has 0 fully saturated rings. The van der Waals surface area contributed by atoms with Crippen LogP contribution in [0.15, 0.2) is 54.6 Å². The Kier molecular flexibility index (Phi) is 4.72. The van der Waals surface area contributed by atoms with Crippen molar-refractivity contribution < 1.29 is 14.7 Å². The molecule has 1 atom stereocenters. The topological polar surface area (TPSA) is 66.4 Å². The second kappa shape index (κ2) is 6.70. The van der Waals surface area contributed by atoms with Gasteiger partial charge in [-0.05, 0) is 30.2 Å². The molecule has 21 heavy (non-hydrogen) atoms. The van der Waals surface area contributed by atoms with E-state index in [-0.39, 0.29) is 12.3 Å². The standard InChI is InChI=1S/C17H17NO3/c1-12-7-5-6-10-14(12)15(11-16(19)20)18-17(21)13-8-3-2-4-9-13/h2-10,15H,11H2,1H3,(H,18,21)(H,19,20).